The zero-order valence-corrected chi connectivity index (χ0v) is 17.6. The Hall–Kier alpha value is -1.46. The minimum absolute atomic E-state index is 0.0553. The summed E-state index contributed by atoms with van der Waals surface area (Å²) in [5.41, 5.74) is 1.12. The number of nitrogens with one attached hydrogen (secondary N) is 1. The molecule has 4 rings (SSSR count). The number of carbonyl (C=O) groups is 1. The molecule has 2 aromatic rings. The molecule has 5 atom stereocenters. The molecule has 0 bridgehead atoms. The molecule has 2 aliphatic rings. The molecular weight excluding hydrogens is 354 g/mol. The van der Waals surface area contributed by atoms with Gasteiger partial charge in [-0.1, -0.05) is 26.0 Å². The molecule has 0 radical (unpaired) electrons. The molecule has 1 N–H and O–H groups in total. The molecule has 146 valence electrons. The van der Waals surface area contributed by atoms with Crippen LogP contribution in [0.1, 0.15) is 51.0 Å². The molecule has 0 saturated carbocycles. The van der Waals surface area contributed by atoms with Gasteiger partial charge in [-0.15, -0.1) is 11.3 Å². The Labute approximate surface area is 166 Å². The van der Waals surface area contributed by atoms with Crippen molar-refractivity contribution in [3.63, 3.8) is 0 Å². The summed E-state index contributed by atoms with van der Waals surface area (Å²) in [7, 11) is 0. The van der Waals surface area contributed by atoms with Crippen LogP contribution in [0.25, 0.3) is 10.2 Å². The van der Waals surface area contributed by atoms with Crippen LogP contribution in [0.15, 0.2) is 24.3 Å². The normalized spacial score (nSPS) is 30.4. The molecule has 2 saturated heterocycles. The minimum atomic E-state index is 0.0553. The smallest absolute Gasteiger partial charge is 0.280 e. The van der Waals surface area contributed by atoms with E-state index in [2.05, 4.69) is 49.9 Å². The van der Waals surface area contributed by atoms with Crippen LogP contribution in [0.3, 0.4) is 0 Å². The van der Waals surface area contributed by atoms with Crippen LogP contribution in [0.5, 0.6) is 0 Å². The zero-order valence-electron chi connectivity index (χ0n) is 16.8. The lowest BCUT2D eigenvalue weighted by molar-refractivity contribution is -0.920. The summed E-state index contributed by atoms with van der Waals surface area (Å²) in [5, 5.41) is 1.26. The van der Waals surface area contributed by atoms with Crippen molar-refractivity contribution in [2.45, 2.75) is 52.0 Å². The van der Waals surface area contributed by atoms with E-state index in [9.17, 15) is 4.79 Å². The monoisotopic (exact) mass is 386 g/mol. The lowest BCUT2D eigenvalue weighted by Gasteiger charge is -2.39. The number of piperidine rings is 2. The predicted octanol–water partition coefficient (Wildman–Crippen LogP) is 2.95. The Bertz CT molecular complexity index is 761. The van der Waals surface area contributed by atoms with Crippen molar-refractivity contribution < 1.29 is 9.69 Å². The highest BCUT2D eigenvalue weighted by molar-refractivity contribution is 7.18. The molecule has 1 aromatic carbocycles. The van der Waals surface area contributed by atoms with Crippen LogP contribution in [-0.4, -0.2) is 48.0 Å². The SMILES string of the molecule is C[C@@H]1C[C@H](C)CN(C(=O)[C@@H](C)[NH+]2CCC[C@H](c3nc4ccccc4s3)C2)C1. The van der Waals surface area contributed by atoms with Crippen molar-refractivity contribution in [3.8, 4) is 0 Å². The summed E-state index contributed by atoms with van der Waals surface area (Å²) in [6.45, 7) is 10.7. The van der Waals surface area contributed by atoms with Gasteiger partial charge in [0.15, 0.2) is 6.04 Å². The van der Waals surface area contributed by atoms with Gasteiger partial charge in [-0.25, -0.2) is 4.98 Å². The fourth-order valence-corrected chi connectivity index (χ4v) is 6.16. The van der Waals surface area contributed by atoms with Gasteiger partial charge in [-0.2, -0.15) is 0 Å². The van der Waals surface area contributed by atoms with Gasteiger partial charge < -0.3 is 9.80 Å². The number of quaternary nitrogens is 1. The summed E-state index contributed by atoms with van der Waals surface area (Å²) in [5.74, 6) is 2.09. The number of benzene rings is 1. The van der Waals surface area contributed by atoms with Crippen LogP contribution in [0, 0.1) is 11.8 Å². The van der Waals surface area contributed by atoms with Crippen LogP contribution < -0.4 is 4.90 Å². The molecule has 0 aliphatic carbocycles. The number of thiazole rings is 1. The zero-order chi connectivity index (χ0) is 19.0. The second kappa shape index (κ2) is 7.88. The first-order chi connectivity index (χ1) is 13.0. The number of amides is 1. The lowest BCUT2D eigenvalue weighted by atomic mass is 9.91. The van der Waals surface area contributed by atoms with E-state index in [-0.39, 0.29) is 6.04 Å². The van der Waals surface area contributed by atoms with Crippen LogP contribution in [-0.2, 0) is 4.79 Å². The highest BCUT2D eigenvalue weighted by Gasteiger charge is 2.36. The third kappa shape index (κ3) is 4.04. The van der Waals surface area contributed by atoms with Crippen LogP contribution in [0.2, 0.25) is 0 Å². The fourth-order valence-electron chi connectivity index (χ4n) is 5.06. The lowest BCUT2D eigenvalue weighted by Crippen LogP contribution is -3.18. The molecule has 1 unspecified atom stereocenters. The van der Waals surface area contributed by atoms with Gasteiger partial charge in [0.05, 0.1) is 29.2 Å². The summed E-state index contributed by atoms with van der Waals surface area (Å²) < 4.78 is 1.28. The minimum Gasteiger partial charge on any atom is -0.337 e. The van der Waals surface area contributed by atoms with E-state index in [1.165, 1.54) is 33.9 Å². The standard InChI is InChI=1S/C22H31N3OS/c1-15-11-16(2)13-25(12-15)22(26)17(3)24-10-6-7-18(14-24)21-23-19-8-4-5-9-20(19)27-21/h4-5,8-9,15-18H,6-7,10-14H2,1-3H3/p+1/t15-,16+,17-,18+/m1/s1. The van der Waals surface area contributed by atoms with Crippen molar-refractivity contribution in [2.75, 3.05) is 26.2 Å². The molecule has 1 aromatic heterocycles. The average Bonchev–Trinajstić information content (AvgIpc) is 3.10. The van der Waals surface area contributed by atoms with Crippen molar-refractivity contribution >= 4 is 27.5 Å². The first-order valence-electron chi connectivity index (χ1n) is 10.5. The van der Waals surface area contributed by atoms with E-state index in [4.69, 9.17) is 4.98 Å². The second-order valence-electron chi connectivity index (χ2n) is 8.88. The number of fused-ring (bicyclic) bond motifs is 1. The maximum Gasteiger partial charge on any atom is 0.280 e. The number of rotatable bonds is 3. The maximum absolute atomic E-state index is 13.2. The number of hydrogen-bond acceptors (Lipinski definition) is 3. The molecule has 5 heteroatoms. The molecule has 0 spiro atoms. The molecule has 4 nitrogen and oxygen atoms in total. The quantitative estimate of drug-likeness (QED) is 0.881. The topological polar surface area (TPSA) is 37.6 Å². The Balaban J connectivity index is 1.44. The van der Waals surface area contributed by atoms with E-state index in [0.29, 0.717) is 23.7 Å². The Kier molecular flexibility index (Phi) is 5.51. The van der Waals surface area contributed by atoms with Crippen LogP contribution in [0.4, 0.5) is 0 Å². The first kappa shape index (κ1) is 18.9. The number of hydrogen-bond donors (Lipinski definition) is 1. The number of carbonyl (C=O) groups excluding carboxylic acids is 1. The molecule has 2 fully saturated rings. The van der Waals surface area contributed by atoms with Gasteiger partial charge in [0.1, 0.15) is 5.01 Å². The van der Waals surface area contributed by atoms with Crippen molar-refractivity contribution in [1.82, 2.24) is 9.88 Å². The van der Waals surface area contributed by atoms with Gasteiger partial charge in [0.2, 0.25) is 0 Å². The van der Waals surface area contributed by atoms with E-state index in [0.717, 1.165) is 31.7 Å². The third-order valence-electron chi connectivity index (χ3n) is 6.38. The number of likely N-dealkylation sites (tertiary alicyclic amines) is 2. The average molecular weight is 387 g/mol. The summed E-state index contributed by atoms with van der Waals surface area (Å²) in [4.78, 5) is 21.6. The van der Waals surface area contributed by atoms with Crippen LogP contribution >= 0.6 is 11.3 Å². The first-order valence-corrected chi connectivity index (χ1v) is 11.3. The molecule has 3 heterocycles. The van der Waals surface area contributed by atoms with Crippen molar-refractivity contribution in [3.05, 3.63) is 29.3 Å². The molecule has 1 amide bonds. The van der Waals surface area contributed by atoms with Gasteiger partial charge in [0, 0.05) is 13.1 Å². The van der Waals surface area contributed by atoms with Gasteiger partial charge in [-0.3, -0.25) is 4.79 Å². The maximum atomic E-state index is 13.2. The predicted molar refractivity (Wildman–Crippen MR) is 111 cm³/mol. The highest BCUT2D eigenvalue weighted by Crippen LogP contribution is 2.30. The summed E-state index contributed by atoms with van der Waals surface area (Å²) in [6.07, 6.45) is 3.62. The second-order valence-corrected chi connectivity index (χ2v) is 9.94. The molecule has 27 heavy (non-hydrogen) atoms. The number of para-hydroxylation sites is 1. The van der Waals surface area contributed by atoms with E-state index < -0.39 is 0 Å². The Morgan fingerprint density at radius 2 is 2.00 bits per heavy atom. The summed E-state index contributed by atoms with van der Waals surface area (Å²) in [6, 6.07) is 8.47. The number of nitrogens with zero attached hydrogens (tertiary/aromatic N) is 2. The van der Waals surface area contributed by atoms with Gasteiger partial charge >= 0.3 is 0 Å². The third-order valence-corrected chi connectivity index (χ3v) is 7.58. The summed E-state index contributed by atoms with van der Waals surface area (Å²) >= 11 is 1.83. The molecule has 2 aliphatic heterocycles. The Morgan fingerprint density at radius 3 is 2.74 bits per heavy atom. The van der Waals surface area contributed by atoms with E-state index in [1.807, 2.05) is 11.3 Å². The van der Waals surface area contributed by atoms with Gasteiger partial charge in [0.25, 0.3) is 5.91 Å². The fraction of sp³-hybridized carbons (Fsp3) is 0.636. The van der Waals surface area contributed by atoms with E-state index in [1.54, 1.807) is 0 Å². The van der Waals surface area contributed by atoms with E-state index >= 15 is 0 Å². The number of aromatic nitrogens is 1. The van der Waals surface area contributed by atoms with Crippen molar-refractivity contribution in [1.29, 1.82) is 0 Å². The van der Waals surface area contributed by atoms with Gasteiger partial charge in [-0.05, 0) is 50.2 Å². The van der Waals surface area contributed by atoms with Crippen molar-refractivity contribution in [2.24, 2.45) is 11.8 Å². The largest absolute Gasteiger partial charge is 0.337 e. The highest BCUT2D eigenvalue weighted by atomic mass is 32.1. The molecular formula is C22H32N3OS+. The Morgan fingerprint density at radius 1 is 1.26 bits per heavy atom.